The molecule has 1 unspecified atom stereocenters. The molecule has 156 valence electrons. The van der Waals surface area contributed by atoms with Crippen LogP contribution < -0.4 is 15.4 Å². The lowest BCUT2D eigenvalue weighted by molar-refractivity contribution is -0.126. The Morgan fingerprint density at radius 1 is 1.27 bits per heavy atom. The average Bonchev–Trinajstić information content (AvgIpc) is 3.30. The molecule has 0 bridgehead atoms. The number of hydrogen-bond donors (Lipinski definition) is 3. The Hall–Kier alpha value is -3.31. The van der Waals surface area contributed by atoms with Crippen LogP contribution in [0.2, 0.25) is 0 Å². The molecule has 0 saturated carbocycles. The highest BCUT2D eigenvalue weighted by Crippen LogP contribution is 2.31. The lowest BCUT2D eigenvalue weighted by atomic mass is 10.1. The number of halogens is 1. The summed E-state index contributed by atoms with van der Waals surface area (Å²) in [7, 11) is -3.78. The van der Waals surface area contributed by atoms with Gasteiger partial charge in [-0.3, -0.25) is 19.6 Å². The summed E-state index contributed by atoms with van der Waals surface area (Å²) in [6.45, 7) is 0.248. The fourth-order valence-corrected chi connectivity index (χ4v) is 3.94. The van der Waals surface area contributed by atoms with E-state index in [2.05, 4.69) is 15.5 Å². The zero-order chi connectivity index (χ0) is 21.5. The number of hydrogen-bond acceptors (Lipinski definition) is 5. The van der Waals surface area contributed by atoms with Crippen LogP contribution in [0.4, 0.5) is 10.2 Å². The molecule has 1 aliphatic heterocycles. The van der Waals surface area contributed by atoms with Crippen LogP contribution in [-0.4, -0.2) is 37.0 Å². The summed E-state index contributed by atoms with van der Waals surface area (Å²) < 4.78 is 36.8. The molecule has 1 aromatic heterocycles. The number of sulfonamides is 1. The van der Waals surface area contributed by atoms with Crippen LogP contribution in [-0.2, 0) is 26.2 Å². The number of benzene rings is 2. The summed E-state index contributed by atoms with van der Waals surface area (Å²) in [4.78, 5) is 26.3. The van der Waals surface area contributed by atoms with Crippen molar-refractivity contribution in [1.82, 2.24) is 15.5 Å². The van der Waals surface area contributed by atoms with Gasteiger partial charge in [0.2, 0.25) is 21.8 Å². The molecule has 0 aliphatic carbocycles. The first-order valence-electron chi connectivity index (χ1n) is 9.06. The Labute approximate surface area is 171 Å². The number of fused-ring (bicyclic) bond motifs is 1. The molecule has 11 heteroatoms. The van der Waals surface area contributed by atoms with E-state index in [1.54, 1.807) is 18.2 Å². The monoisotopic (exact) mass is 431 g/mol. The van der Waals surface area contributed by atoms with Crippen LogP contribution in [0.25, 0.3) is 10.9 Å². The van der Waals surface area contributed by atoms with E-state index >= 15 is 0 Å². The molecule has 1 fully saturated rings. The van der Waals surface area contributed by atoms with Crippen LogP contribution in [0.3, 0.4) is 0 Å². The highest BCUT2D eigenvalue weighted by atomic mass is 32.2. The third-order valence-corrected chi connectivity index (χ3v) is 5.92. The predicted octanol–water partition coefficient (Wildman–Crippen LogP) is 1.02. The van der Waals surface area contributed by atoms with Gasteiger partial charge in [-0.05, 0) is 29.8 Å². The molecule has 1 aliphatic rings. The minimum absolute atomic E-state index is 0.0149. The van der Waals surface area contributed by atoms with E-state index in [0.29, 0.717) is 11.1 Å². The van der Waals surface area contributed by atoms with Crippen molar-refractivity contribution in [1.29, 1.82) is 0 Å². The summed E-state index contributed by atoms with van der Waals surface area (Å²) in [5.41, 5.74) is 1.14. The lowest BCUT2D eigenvalue weighted by Crippen LogP contribution is -2.32. The van der Waals surface area contributed by atoms with Crippen LogP contribution in [0.5, 0.6) is 0 Å². The van der Waals surface area contributed by atoms with Gasteiger partial charge >= 0.3 is 0 Å². The number of H-pyrrole nitrogens is 1. The van der Waals surface area contributed by atoms with E-state index in [1.165, 1.54) is 29.2 Å². The van der Waals surface area contributed by atoms with Crippen molar-refractivity contribution < 1.29 is 22.4 Å². The Morgan fingerprint density at radius 2 is 2.00 bits per heavy atom. The second kappa shape index (κ2) is 7.50. The number of carbonyl (C=O) groups is 2. The molecule has 2 heterocycles. The number of anilines is 1. The Kier molecular flexibility index (Phi) is 5.00. The van der Waals surface area contributed by atoms with E-state index in [9.17, 15) is 22.4 Å². The van der Waals surface area contributed by atoms with Gasteiger partial charge in [0.15, 0.2) is 5.82 Å². The maximum absolute atomic E-state index is 14.2. The van der Waals surface area contributed by atoms with Crippen LogP contribution in [0, 0.1) is 11.7 Å². The molecule has 4 rings (SSSR count). The number of amides is 2. The molecule has 3 aromatic rings. The maximum atomic E-state index is 14.2. The SMILES string of the molecule is NS(=O)(=O)c1ccc(CNC(=O)C2CC(=O)N(c3n[nH]c4cccc(F)c34)C2)cc1. The summed E-state index contributed by atoms with van der Waals surface area (Å²) >= 11 is 0. The number of carbonyl (C=O) groups excluding carboxylic acids is 2. The molecular formula is C19H18FN5O4S. The average molecular weight is 431 g/mol. The number of aromatic amines is 1. The zero-order valence-corrected chi connectivity index (χ0v) is 16.4. The lowest BCUT2D eigenvalue weighted by Gasteiger charge is -2.14. The summed E-state index contributed by atoms with van der Waals surface area (Å²) in [6.07, 6.45) is -0.0149. The van der Waals surface area contributed by atoms with Crippen molar-refractivity contribution in [3.8, 4) is 0 Å². The van der Waals surface area contributed by atoms with Gasteiger partial charge < -0.3 is 5.32 Å². The number of nitrogens with two attached hydrogens (primary N) is 1. The molecule has 0 radical (unpaired) electrons. The quantitative estimate of drug-likeness (QED) is 0.554. The highest BCUT2D eigenvalue weighted by molar-refractivity contribution is 7.89. The van der Waals surface area contributed by atoms with Gasteiger partial charge in [-0.2, -0.15) is 5.10 Å². The molecule has 30 heavy (non-hydrogen) atoms. The van der Waals surface area contributed by atoms with E-state index in [4.69, 9.17) is 5.14 Å². The maximum Gasteiger partial charge on any atom is 0.238 e. The van der Waals surface area contributed by atoms with Gasteiger partial charge in [0.1, 0.15) is 5.82 Å². The first-order chi connectivity index (χ1) is 14.2. The highest BCUT2D eigenvalue weighted by Gasteiger charge is 2.37. The molecule has 9 nitrogen and oxygen atoms in total. The van der Waals surface area contributed by atoms with E-state index in [-0.39, 0.29) is 47.4 Å². The number of nitrogens with one attached hydrogen (secondary N) is 2. The van der Waals surface area contributed by atoms with Crippen molar-refractivity contribution in [2.24, 2.45) is 11.1 Å². The largest absolute Gasteiger partial charge is 0.352 e. The topological polar surface area (TPSA) is 138 Å². The molecule has 2 amide bonds. The van der Waals surface area contributed by atoms with Crippen molar-refractivity contribution >= 4 is 38.6 Å². The van der Waals surface area contributed by atoms with Crippen molar-refractivity contribution in [3.05, 3.63) is 53.8 Å². The first kappa shape index (κ1) is 20.0. The third kappa shape index (κ3) is 3.76. The normalized spacial score (nSPS) is 16.9. The van der Waals surface area contributed by atoms with Crippen molar-refractivity contribution in [3.63, 3.8) is 0 Å². The zero-order valence-electron chi connectivity index (χ0n) is 15.6. The van der Waals surface area contributed by atoms with E-state index in [1.807, 2.05) is 0 Å². The van der Waals surface area contributed by atoms with Gasteiger partial charge in [0.25, 0.3) is 0 Å². The van der Waals surface area contributed by atoms with Gasteiger partial charge in [-0.1, -0.05) is 18.2 Å². The van der Waals surface area contributed by atoms with Crippen LogP contribution in [0.15, 0.2) is 47.4 Å². The van der Waals surface area contributed by atoms with Gasteiger partial charge in [0.05, 0.1) is 21.7 Å². The molecule has 2 aromatic carbocycles. The Balaban J connectivity index is 1.43. The smallest absolute Gasteiger partial charge is 0.238 e. The van der Waals surface area contributed by atoms with Gasteiger partial charge in [-0.15, -0.1) is 0 Å². The van der Waals surface area contributed by atoms with E-state index < -0.39 is 21.8 Å². The van der Waals surface area contributed by atoms with Crippen molar-refractivity contribution in [2.75, 3.05) is 11.4 Å². The number of primary sulfonamides is 1. The second-order valence-electron chi connectivity index (χ2n) is 7.02. The number of rotatable bonds is 5. The molecule has 1 saturated heterocycles. The van der Waals surface area contributed by atoms with Crippen LogP contribution >= 0.6 is 0 Å². The van der Waals surface area contributed by atoms with Crippen LogP contribution in [0.1, 0.15) is 12.0 Å². The molecule has 0 spiro atoms. The first-order valence-corrected chi connectivity index (χ1v) is 10.6. The predicted molar refractivity (Wildman–Crippen MR) is 106 cm³/mol. The third-order valence-electron chi connectivity index (χ3n) is 4.99. The summed E-state index contributed by atoms with van der Waals surface area (Å²) in [5.74, 6) is -1.59. The molecule has 1 atom stereocenters. The molecular weight excluding hydrogens is 413 g/mol. The fraction of sp³-hybridized carbons (Fsp3) is 0.211. The number of nitrogens with zero attached hydrogens (tertiary/aromatic N) is 2. The van der Waals surface area contributed by atoms with Crippen molar-refractivity contribution in [2.45, 2.75) is 17.9 Å². The van der Waals surface area contributed by atoms with Gasteiger partial charge in [0, 0.05) is 19.5 Å². The molecule has 4 N–H and O–H groups in total. The van der Waals surface area contributed by atoms with Gasteiger partial charge in [-0.25, -0.2) is 17.9 Å². The number of aromatic nitrogens is 2. The standard InChI is InChI=1S/C19H18FN5O4S/c20-14-2-1-3-15-17(14)18(24-23-15)25-10-12(8-16(25)26)19(27)22-9-11-4-6-13(7-5-11)30(21,28)29/h1-7,12H,8-10H2,(H,22,27)(H,23,24)(H2,21,28,29). The minimum Gasteiger partial charge on any atom is -0.352 e. The summed E-state index contributed by atoms with van der Waals surface area (Å²) in [6, 6.07) is 10.3. The summed E-state index contributed by atoms with van der Waals surface area (Å²) in [5, 5.41) is 14.7. The fourth-order valence-electron chi connectivity index (χ4n) is 3.43. The minimum atomic E-state index is -3.78. The van der Waals surface area contributed by atoms with E-state index in [0.717, 1.165) is 0 Å². The second-order valence-corrected chi connectivity index (χ2v) is 8.58. The Morgan fingerprint density at radius 3 is 2.70 bits per heavy atom. The Bertz CT molecular complexity index is 1240.